The Bertz CT molecular complexity index is 849. The van der Waals surface area contributed by atoms with Gasteiger partial charge in [0.1, 0.15) is 5.69 Å². The van der Waals surface area contributed by atoms with Crippen LogP contribution in [0.25, 0.3) is 5.69 Å². The standard InChI is InChI=1S/C21H32N6O2/c1-15-7-5-6-8-16(15)27-19(22)17(18(25-27)21(2,3)4)24-20(28)23-9-10-26-11-13-29-14-12-26/h5-8H,9-14,22H2,1-4H3,(H2,23,24,28). The number of aryl methyl sites for hydroxylation is 1. The van der Waals surface area contributed by atoms with Crippen LogP contribution in [0.15, 0.2) is 24.3 Å². The van der Waals surface area contributed by atoms with Crippen LogP contribution in [0, 0.1) is 6.92 Å². The number of aromatic nitrogens is 2. The Kier molecular flexibility index (Phi) is 6.44. The van der Waals surface area contributed by atoms with Gasteiger partial charge in [-0.25, -0.2) is 9.48 Å². The zero-order valence-corrected chi connectivity index (χ0v) is 17.8. The average Bonchev–Trinajstić information content (AvgIpc) is 3.00. The molecule has 0 saturated carbocycles. The number of carbonyl (C=O) groups is 1. The number of rotatable bonds is 5. The van der Waals surface area contributed by atoms with E-state index in [-0.39, 0.29) is 11.4 Å². The summed E-state index contributed by atoms with van der Waals surface area (Å²) in [6.45, 7) is 12.8. The summed E-state index contributed by atoms with van der Waals surface area (Å²) in [6, 6.07) is 7.63. The predicted octanol–water partition coefficient (Wildman–Crippen LogP) is 2.51. The van der Waals surface area contributed by atoms with Crippen LogP contribution in [-0.4, -0.2) is 60.1 Å². The lowest BCUT2D eigenvalue weighted by Gasteiger charge is -2.26. The Balaban J connectivity index is 1.75. The van der Waals surface area contributed by atoms with Gasteiger partial charge in [-0.2, -0.15) is 5.10 Å². The molecule has 0 aliphatic carbocycles. The summed E-state index contributed by atoms with van der Waals surface area (Å²) in [6.07, 6.45) is 0. The van der Waals surface area contributed by atoms with Gasteiger partial charge >= 0.3 is 6.03 Å². The molecule has 1 aromatic heterocycles. The smallest absolute Gasteiger partial charge is 0.319 e. The molecule has 29 heavy (non-hydrogen) atoms. The first-order chi connectivity index (χ1) is 13.8. The van der Waals surface area contributed by atoms with Crippen molar-refractivity contribution < 1.29 is 9.53 Å². The van der Waals surface area contributed by atoms with E-state index in [1.54, 1.807) is 4.68 Å². The van der Waals surface area contributed by atoms with Gasteiger partial charge in [0.15, 0.2) is 5.82 Å². The monoisotopic (exact) mass is 400 g/mol. The fraction of sp³-hybridized carbons (Fsp3) is 0.524. The molecule has 0 atom stereocenters. The summed E-state index contributed by atoms with van der Waals surface area (Å²) in [5.74, 6) is 0.424. The number of para-hydroxylation sites is 1. The number of benzene rings is 1. The lowest BCUT2D eigenvalue weighted by atomic mass is 9.91. The maximum atomic E-state index is 12.5. The number of hydrogen-bond donors (Lipinski definition) is 3. The summed E-state index contributed by atoms with van der Waals surface area (Å²) in [5, 5.41) is 10.6. The molecule has 0 radical (unpaired) electrons. The molecule has 8 nitrogen and oxygen atoms in total. The predicted molar refractivity (Wildman–Crippen MR) is 116 cm³/mol. The number of amides is 2. The number of ether oxygens (including phenoxy) is 1. The average molecular weight is 401 g/mol. The van der Waals surface area contributed by atoms with Gasteiger partial charge in [0.2, 0.25) is 0 Å². The number of nitrogens with one attached hydrogen (secondary N) is 2. The van der Waals surface area contributed by atoms with E-state index in [0.29, 0.717) is 18.1 Å². The molecule has 1 aliphatic heterocycles. The molecule has 1 aliphatic rings. The topological polar surface area (TPSA) is 97.4 Å². The van der Waals surface area contributed by atoms with Gasteiger partial charge in [0.25, 0.3) is 0 Å². The van der Waals surface area contributed by atoms with Gasteiger partial charge < -0.3 is 21.1 Å². The van der Waals surface area contributed by atoms with Crippen LogP contribution in [0.3, 0.4) is 0 Å². The summed E-state index contributed by atoms with van der Waals surface area (Å²) < 4.78 is 7.05. The summed E-state index contributed by atoms with van der Waals surface area (Å²) >= 11 is 0. The first-order valence-electron chi connectivity index (χ1n) is 10.1. The largest absolute Gasteiger partial charge is 0.382 e. The Morgan fingerprint density at radius 3 is 2.59 bits per heavy atom. The van der Waals surface area contributed by atoms with Crippen molar-refractivity contribution in [3.63, 3.8) is 0 Å². The number of morpholine rings is 1. The van der Waals surface area contributed by atoms with Crippen molar-refractivity contribution in [2.45, 2.75) is 33.1 Å². The molecule has 3 rings (SSSR count). The molecule has 0 spiro atoms. The molecule has 0 unspecified atom stereocenters. The van der Waals surface area contributed by atoms with Crippen molar-refractivity contribution in [3.8, 4) is 5.69 Å². The number of anilines is 2. The second-order valence-electron chi connectivity index (χ2n) is 8.39. The van der Waals surface area contributed by atoms with E-state index in [9.17, 15) is 4.79 Å². The molecule has 2 amide bonds. The highest BCUT2D eigenvalue weighted by Crippen LogP contribution is 2.35. The van der Waals surface area contributed by atoms with Crippen molar-refractivity contribution in [3.05, 3.63) is 35.5 Å². The van der Waals surface area contributed by atoms with Crippen molar-refractivity contribution in [2.24, 2.45) is 0 Å². The lowest BCUT2D eigenvalue weighted by molar-refractivity contribution is 0.0388. The zero-order chi connectivity index (χ0) is 21.0. The van der Waals surface area contributed by atoms with Gasteiger partial charge in [-0.15, -0.1) is 0 Å². The summed E-state index contributed by atoms with van der Waals surface area (Å²) in [4.78, 5) is 14.8. The first kappa shape index (κ1) is 21.1. The molecule has 1 saturated heterocycles. The molecule has 8 heteroatoms. The van der Waals surface area contributed by atoms with Crippen molar-refractivity contribution >= 4 is 17.5 Å². The van der Waals surface area contributed by atoms with E-state index in [1.807, 2.05) is 31.2 Å². The lowest BCUT2D eigenvalue weighted by Crippen LogP contribution is -2.42. The number of carbonyl (C=O) groups excluding carboxylic acids is 1. The van der Waals surface area contributed by atoms with E-state index >= 15 is 0 Å². The van der Waals surface area contributed by atoms with Crippen LogP contribution in [-0.2, 0) is 10.2 Å². The normalized spacial score (nSPS) is 15.3. The minimum atomic E-state index is -0.279. The Morgan fingerprint density at radius 1 is 1.24 bits per heavy atom. The highest BCUT2D eigenvalue weighted by Gasteiger charge is 2.28. The summed E-state index contributed by atoms with van der Waals surface area (Å²) in [5.41, 5.74) is 9.42. The van der Waals surface area contributed by atoms with E-state index in [0.717, 1.165) is 49.8 Å². The van der Waals surface area contributed by atoms with E-state index in [4.69, 9.17) is 15.6 Å². The van der Waals surface area contributed by atoms with Gasteiger partial charge in [-0.05, 0) is 18.6 Å². The van der Waals surface area contributed by atoms with Crippen LogP contribution < -0.4 is 16.4 Å². The fourth-order valence-electron chi connectivity index (χ4n) is 3.37. The number of urea groups is 1. The minimum Gasteiger partial charge on any atom is -0.382 e. The second kappa shape index (κ2) is 8.84. The van der Waals surface area contributed by atoms with E-state index < -0.39 is 0 Å². The number of nitrogens with zero attached hydrogens (tertiary/aromatic N) is 3. The quantitative estimate of drug-likeness (QED) is 0.716. The first-order valence-corrected chi connectivity index (χ1v) is 10.1. The van der Waals surface area contributed by atoms with Crippen LogP contribution >= 0.6 is 0 Å². The fourth-order valence-corrected chi connectivity index (χ4v) is 3.37. The van der Waals surface area contributed by atoms with Crippen LogP contribution in [0.2, 0.25) is 0 Å². The van der Waals surface area contributed by atoms with Crippen LogP contribution in [0.4, 0.5) is 16.3 Å². The van der Waals surface area contributed by atoms with Gasteiger partial charge in [0, 0.05) is 31.6 Å². The number of hydrogen-bond acceptors (Lipinski definition) is 5. The van der Waals surface area contributed by atoms with Crippen molar-refractivity contribution in [1.29, 1.82) is 0 Å². The van der Waals surface area contributed by atoms with Crippen molar-refractivity contribution in [1.82, 2.24) is 20.0 Å². The van der Waals surface area contributed by atoms with Gasteiger partial charge in [0.05, 0.1) is 24.6 Å². The molecule has 1 aromatic carbocycles. The molecule has 2 aromatic rings. The van der Waals surface area contributed by atoms with Crippen LogP contribution in [0.5, 0.6) is 0 Å². The Labute approximate surface area is 172 Å². The maximum absolute atomic E-state index is 12.5. The Morgan fingerprint density at radius 2 is 1.93 bits per heavy atom. The third kappa shape index (κ3) is 5.07. The highest BCUT2D eigenvalue weighted by molar-refractivity contribution is 5.93. The molecular weight excluding hydrogens is 368 g/mol. The SMILES string of the molecule is Cc1ccccc1-n1nc(C(C)(C)C)c(NC(=O)NCCN2CCOCC2)c1N. The molecule has 2 heterocycles. The third-order valence-electron chi connectivity index (χ3n) is 5.03. The molecule has 0 bridgehead atoms. The molecule has 4 N–H and O–H groups in total. The number of nitrogens with two attached hydrogens (primary N) is 1. The molecule has 1 fully saturated rings. The zero-order valence-electron chi connectivity index (χ0n) is 17.8. The van der Waals surface area contributed by atoms with Gasteiger partial charge in [-0.3, -0.25) is 4.90 Å². The molecular formula is C21H32N6O2. The highest BCUT2D eigenvalue weighted by atomic mass is 16.5. The van der Waals surface area contributed by atoms with Crippen molar-refractivity contribution in [2.75, 3.05) is 50.4 Å². The minimum absolute atomic E-state index is 0.278. The maximum Gasteiger partial charge on any atom is 0.319 e. The Hall–Kier alpha value is -2.58. The third-order valence-corrected chi connectivity index (χ3v) is 5.03. The van der Waals surface area contributed by atoms with Crippen LogP contribution in [0.1, 0.15) is 32.0 Å². The number of nitrogen functional groups attached to an aromatic ring is 1. The van der Waals surface area contributed by atoms with E-state index in [1.165, 1.54) is 0 Å². The summed E-state index contributed by atoms with van der Waals surface area (Å²) in [7, 11) is 0. The molecule has 158 valence electrons. The second-order valence-corrected chi connectivity index (χ2v) is 8.39. The van der Waals surface area contributed by atoms with Gasteiger partial charge in [-0.1, -0.05) is 39.0 Å². The van der Waals surface area contributed by atoms with E-state index in [2.05, 4.69) is 36.3 Å².